The van der Waals surface area contributed by atoms with Gasteiger partial charge in [0.1, 0.15) is 0 Å². The molecule has 6 heteroatoms. The highest BCUT2D eigenvalue weighted by Gasteiger charge is 2.33. The molecule has 20 heavy (non-hydrogen) atoms. The molecule has 0 aromatic heterocycles. The topological polar surface area (TPSA) is 65.5 Å². The number of hydrogen-bond donors (Lipinski definition) is 3. The van der Waals surface area contributed by atoms with E-state index >= 15 is 0 Å². The first-order valence-electron chi connectivity index (χ1n) is 7.45. The minimum atomic E-state index is 0. The van der Waals surface area contributed by atoms with E-state index in [1.165, 1.54) is 19.3 Å². The van der Waals surface area contributed by atoms with Crippen LogP contribution in [-0.4, -0.2) is 37.5 Å². The largest absolute Gasteiger partial charge is 0.356 e. The summed E-state index contributed by atoms with van der Waals surface area (Å²) in [6.45, 7) is 2.86. The van der Waals surface area contributed by atoms with E-state index in [1.54, 1.807) is 7.05 Å². The lowest BCUT2D eigenvalue weighted by atomic mass is 10.2. The van der Waals surface area contributed by atoms with Gasteiger partial charge in [-0.3, -0.25) is 9.79 Å². The van der Waals surface area contributed by atoms with Crippen molar-refractivity contribution < 1.29 is 4.79 Å². The third-order valence-corrected chi connectivity index (χ3v) is 4.02. The summed E-state index contributed by atoms with van der Waals surface area (Å²) >= 11 is 0. The molecule has 0 aliphatic heterocycles. The Bertz CT molecular complexity index is 342. The highest BCUT2D eigenvalue weighted by atomic mass is 127. The van der Waals surface area contributed by atoms with Crippen LogP contribution in [0.15, 0.2) is 4.99 Å². The molecule has 0 spiro atoms. The van der Waals surface area contributed by atoms with E-state index in [0.29, 0.717) is 25.0 Å². The summed E-state index contributed by atoms with van der Waals surface area (Å²) < 4.78 is 0. The van der Waals surface area contributed by atoms with Crippen LogP contribution in [0.2, 0.25) is 0 Å². The smallest absolute Gasteiger partial charge is 0.221 e. The van der Waals surface area contributed by atoms with Crippen molar-refractivity contribution in [3.8, 4) is 0 Å². The van der Waals surface area contributed by atoms with Crippen molar-refractivity contribution in [1.29, 1.82) is 0 Å². The molecule has 0 aromatic rings. The van der Waals surface area contributed by atoms with E-state index in [2.05, 4.69) is 27.9 Å². The van der Waals surface area contributed by atoms with Crippen LogP contribution in [-0.2, 0) is 4.79 Å². The standard InChI is InChI=1S/C14H26N4O.HI/c1-10-9-12(10)18-14(15-2)16-8-7-13(19)17-11-5-3-4-6-11;/h10-12H,3-9H2,1-2H3,(H,17,19)(H2,15,16,18);1H. The zero-order valence-electron chi connectivity index (χ0n) is 12.4. The van der Waals surface area contributed by atoms with Crippen LogP contribution < -0.4 is 16.0 Å². The highest BCUT2D eigenvalue weighted by Crippen LogP contribution is 2.28. The third-order valence-electron chi connectivity index (χ3n) is 4.02. The molecule has 0 aromatic carbocycles. The van der Waals surface area contributed by atoms with Crippen LogP contribution in [0.1, 0.15) is 45.4 Å². The van der Waals surface area contributed by atoms with Gasteiger partial charge in [-0.25, -0.2) is 0 Å². The molecule has 2 unspecified atom stereocenters. The molecule has 2 atom stereocenters. The lowest BCUT2D eigenvalue weighted by Crippen LogP contribution is -2.41. The van der Waals surface area contributed by atoms with E-state index in [1.807, 2.05) is 0 Å². The molecule has 5 nitrogen and oxygen atoms in total. The number of nitrogens with zero attached hydrogens (tertiary/aromatic N) is 1. The molecule has 3 N–H and O–H groups in total. The average molecular weight is 394 g/mol. The Kier molecular flexibility index (Phi) is 7.61. The van der Waals surface area contributed by atoms with Gasteiger partial charge in [0, 0.05) is 32.1 Å². The lowest BCUT2D eigenvalue weighted by Gasteiger charge is -2.13. The van der Waals surface area contributed by atoms with Gasteiger partial charge in [0.05, 0.1) is 0 Å². The van der Waals surface area contributed by atoms with Crippen LogP contribution in [0.5, 0.6) is 0 Å². The number of amides is 1. The Morgan fingerprint density at radius 2 is 1.90 bits per heavy atom. The molecule has 2 aliphatic rings. The molecule has 2 aliphatic carbocycles. The fourth-order valence-electron chi connectivity index (χ4n) is 2.56. The summed E-state index contributed by atoms with van der Waals surface area (Å²) in [4.78, 5) is 15.9. The first-order chi connectivity index (χ1) is 9.19. The second kappa shape index (κ2) is 8.69. The van der Waals surface area contributed by atoms with E-state index in [4.69, 9.17) is 0 Å². The van der Waals surface area contributed by atoms with Gasteiger partial charge in [0.2, 0.25) is 5.91 Å². The monoisotopic (exact) mass is 394 g/mol. The number of aliphatic imine (C=N–C) groups is 1. The number of nitrogens with one attached hydrogen (secondary N) is 3. The van der Waals surface area contributed by atoms with Gasteiger partial charge in [0.25, 0.3) is 0 Å². The molecule has 2 saturated carbocycles. The van der Waals surface area contributed by atoms with Gasteiger partial charge in [-0.05, 0) is 25.2 Å². The first-order valence-corrected chi connectivity index (χ1v) is 7.45. The number of guanidine groups is 1. The maximum Gasteiger partial charge on any atom is 0.221 e. The van der Waals surface area contributed by atoms with Crippen molar-refractivity contribution in [2.24, 2.45) is 10.9 Å². The SMILES string of the molecule is CN=C(NCCC(=O)NC1CCCC1)NC1CC1C.I. The number of rotatable bonds is 5. The van der Waals surface area contributed by atoms with Crippen molar-refractivity contribution in [3.05, 3.63) is 0 Å². The van der Waals surface area contributed by atoms with E-state index in [-0.39, 0.29) is 29.9 Å². The molecule has 0 heterocycles. The molecular formula is C14H27IN4O. The summed E-state index contributed by atoms with van der Waals surface area (Å²) in [5, 5.41) is 9.63. The number of carbonyl (C=O) groups excluding carboxylic acids is 1. The number of hydrogen-bond acceptors (Lipinski definition) is 2. The number of halogens is 1. The molecule has 0 saturated heterocycles. The third kappa shape index (κ3) is 5.85. The second-order valence-electron chi connectivity index (χ2n) is 5.76. The van der Waals surface area contributed by atoms with Crippen molar-refractivity contribution >= 4 is 35.8 Å². The fourth-order valence-corrected chi connectivity index (χ4v) is 2.56. The quantitative estimate of drug-likeness (QED) is 0.377. The minimum Gasteiger partial charge on any atom is -0.356 e. The van der Waals surface area contributed by atoms with Gasteiger partial charge in [-0.1, -0.05) is 19.8 Å². The van der Waals surface area contributed by atoms with Crippen molar-refractivity contribution in [2.75, 3.05) is 13.6 Å². The Labute approximate surface area is 138 Å². The normalized spacial score (nSPS) is 25.8. The summed E-state index contributed by atoms with van der Waals surface area (Å²) in [5.74, 6) is 1.70. The van der Waals surface area contributed by atoms with E-state index in [0.717, 1.165) is 24.7 Å². The van der Waals surface area contributed by atoms with Crippen molar-refractivity contribution in [1.82, 2.24) is 16.0 Å². The van der Waals surface area contributed by atoms with Crippen LogP contribution in [0, 0.1) is 5.92 Å². The predicted molar refractivity (Wildman–Crippen MR) is 92.5 cm³/mol. The summed E-state index contributed by atoms with van der Waals surface area (Å²) in [5.41, 5.74) is 0. The zero-order valence-corrected chi connectivity index (χ0v) is 14.8. The Hall–Kier alpha value is -0.530. The molecular weight excluding hydrogens is 367 g/mol. The van der Waals surface area contributed by atoms with Gasteiger partial charge in [-0.2, -0.15) is 0 Å². The summed E-state index contributed by atoms with van der Waals surface area (Å²) in [6.07, 6.45) is 6.50. The van der Waals surface area contributed by atoms with Crippen LogP contribution in [0.3, 0.4) is 0 Å². The molecule has 2 rings (SSSR count). The van der Waals surface area contributed by atoms with Gasteiger partial charge in [-0.15, -0.1) is 24.0 Å². The van der Waals surface area contributed by atoms with Crippen LogP contribution in [0.4, 0.5) is 0 Å². The van der Waals surface area contributed by atoms with Crippen molar-refractivity contribution in [2.45, 2.75) is 57.5 Å². The minimum absolute atomic E-state index is 0. The van der Waals surface area contributed by atoms with Crippen molar-refractivity contribution in [3.63, 3.8) is 0 Å². The van der Waals surface area contributed by atoms with Crippen LogP contribution in [0.25, 0.3) is 0 Å². The Balaban J connectivity index is 0.00000200. The van der Waals surface area contributed by atoms with Crippen LogP contribution >= 0.6 is 24.0 Å². The Morgan fingerprint density at radius 1 is 1.25 bits per heavy atom. The predicted octanol–water partition coefficient (Wildman–Crippen LogP) is 1.63. The molecule has 0 bridgehead atoms. The first kappa shape index (κ1) is 17.5. The van der Waals surface area contributed by atoms with Gasteiger partial charge in [0.15, 0.2) is 5.96 Å². The maximum atomic E-state index is 11.7. The fraction of sp³-hybridized carbons (Fsp3) is 0.857. The summed E-state index contributed by atoms with van der Waals surface area (Å²) in [7, 11) is 1.76. The summed E-state index contributed by atoms with van der Waals surface area (Å²) in [6, 6.07) is 0.968. The maximum absolute atomic E-state index is 11.7. The second-order valence-corrected chi connectivity index (χ2v) is 5.76. The molecule has 1 amide bonds. The molecule has 0 radical (unpaired) electrons. The highest BCUT2D eigenvalue weighted by molar-refractivity contribution is 14.0. The lowest BCUT2D eigenvalue weighted by molar-refractivity contribution is -0.121. The molecule has 2 fully saturated rings. The Morgan fingerprint density at radius 3 is 2.45 bits per heavy atom. The van der Waals surface area contributed by atoms with E-state index in [9.17, 15) is 4.79 Å². The van der Waals surface area contributed by atoms with Gasteiger partial charge < -0.3 is 16.0 Å². The number of carbonyl (C=O) groups is 1. The zero-order chi connectivity index (χ0) is 13.7. The average Bonchev–Trinajstić information content (AvgIpc) is 2.87. The van der Waals surface area contributed by atoms with Gasteiger partial charge >= 0.3 is 0 Å². The molecule has 116 valence electrons. The van der Waals surface area contributed by atoms with E-state index < -0.39 is 0 Å².